The molecule has 0 radical (unpaired) electrons. The molecule has 0 unspecified atom stereocenters. The zero-order chi connectivity index (χ0) is 14.7. The molecular formula is C17H15NOS2. The fourth-order valence-corrected chi connectivity index (χ4v) is 3.58. The van der Waals surface area contributed by atoms with Crippen LogP contribution in [0.15, 0.2) is 53.2 Å². The third-order valence-electron chi connectivity index (χ3n) is 3.24. The van der Waals surface area contributed by atoms with Crippen LogP contribution in [0.4, 0.5) is 0 Å². The topological polar surface area (TPSA) is 29.1 Å². The van der Waals surface area contributed by atoms with Crippen molar-refractivity contribution in [2.75, 3.05) is 0 Å². The molecule has 3 aromatic rings. The standard InChI is InChI=1S/C17H15NOS2/c1-12-4-6-13(7-5-12)15-8-10-21-16(15)17(19)18-11-14-3-2-9-20-14/h2-10H,11H2,1H3,(H,18,19). The first-order valence-corrected chi connectivity index (χ1v) is 8.45. The van der Waals surface area contributed by atoms with Gasteiger partial charge < -0.3 is 5.32 Å². The average molecular weight is 313 g/mol. The van der Waals surface area contributed by atoms with Crippen LogP contribution < -0.4 is 5.32 Å². The van der Waals surface area contributed by atoms with Crippen molar-refractivity contribution in [1.82, 2.24) is 5.32 Å². The van der Waals surface area contributed by atoms with Crippen molar-refractivity contribution in [3.8, 4) is 11.1 Å². The van der Waals surface area contributed by atoms with Gasteiger partial charge in [0.2, 0.25) is 0 Å². The van der Waals surface area contributed by atoms with Crippen molar-refractivity contribution in [2.45, 2.75) is 13.5 Å². The molecule has 2 heterocycles. The summed E-state index contributed by atoms with van der Waals surface area (Å²) in [6.45, 7) is 2.65. The first-order chi connectivity index (χ1) is 10.2. The second kappa shape index (κ2) is 6.24. The molecule has 3 rings (SSSR count). The first-order valence-electron chi connectivity index (χ1n) is 6.69. The van der Waals surface area contributed by atoms with Gasteiger partial charge in [0, 0.05) is 10.4 Å². The predicted molar refractivity (Wildman–Crippen MR) is 90.0 cm³/mol. The molecule has 0 aliphatic carbocycles. The lowest BCUT2D eigenvalue weighted by Gasteiger charge is -2.06. The number of nitrogens with one attached hydrogen (secondary N) is 1. The van der Waals surface area contributed by atoms with Gasteiger partial charge >= 0.3 is 0 Å². The Morgan fingerprint density at radius 1 is 1.05 bits per heavy atom. The molecule has 1 N–H and O–H groups in total. The zero-order valence-electron chi connectivity index (χ0n) is 11.6. The average Bonchev–Trinajstić information content (AvgIpc) is 3.17. The molecular weight excluding hydrogens is 298 g/mol. The highest BCUT2D eigenvalue weighted by Crippen LogP contribution is 2.28. The highest BCUT2D eigenvalue weighted by atomic mass is 32.1. The monoisotopic (exact) mass is 313 g/mol. The molecule has 1 amide bonds. The molecule has 1 aromatic carbocycles. The smallest absolute Gasteiger partial charge is 0.262 e. The first kappa shape index (κ1) is 14.0. The van der Waals surface area contributed by atoms with Gasteiger partial charge in [0.1, 0.15) is 0 Å². The third-order valence-corrected chi connectivity index (χ3v) is 5.03. The summed E-state index contributed by atoms with van der Waals surface area (Å²) in [5, 5.41) is 6.98. The fourth-order valence-electron chi connectivity index (χ4n) is 2.11. The third kappa shape index (κ3) is 3.23. The normalized spacial score (nSPS) is 10.5. The van der Waals surface area contributed by atoms with Crippen molar-refractivity contribution in [3.05, 3.63) is 68.5 Å². The molecule has 0 saturated heterocycles. The van der Waals surface area contributed by atoms with E-state index in [1.54, 1.807) is 11.3 Å². The molecule has 2 aromatic heterocycles. The Morgan fingerprint density at radius 2 is 1.86 bits per heavy atom. The Hall–Kier alpha value is -1.91. The molecule has 2 nitrogen and oxygen atoms in total. The van der Waals surface area contributed by atoms with E-state index in [0.717, 1.165) is 20.9 Å². The van der Waals surface area contributed by atoms with Crippen LogP contribution in [0.3, 0.4) is 0 Å². The van der Waals surface area contributed by atoms with Crippen LogP contribution in [0.2, 0.25) is 0 Å². The van der Waals surface area contributed by atoms with E-state index < -0.39 is 0 Å². The fraction of sp³-hybridized carbons (Fsp3) is 0.118. The molecule has 0 fully saturated rings. The highest BCUT2D eigenvalue weighted by molar-refractivity contribution is 7.12. The van der Waals surface area contributed by atoms with Gasteiger partial charge in [-0.25, -0.2) is 0 Å². The zero-order valence-corrected chi connectivity index (χ0v) is 13.3. The van der Waals surface area contributed by atoms with Crippen LogP contribution in [0.25, 0.3) is 11.1 Å². The van der Waals surface area contributed by atoms with Gasteiger partial charge in [-0.15, -0.1) is 22.7 Å². The van der Waals surface area contributed by atoms with E-state index in [-0.39, 0.29) is 5.91 Å². The number of benzene rings is 1. The van der Waals surface area contributed by atoms with E-state index in [1.165, 1.54) is 16.9 Å². The maximum absolute atomic E-state index is 12.4. The maximum atomic E-state index is 12.4. The van der Waals surface area contributed by atoms with Gasteiger partial charge in [-0.1, -0.05) is 35.9 Å². The number of carbonyl (C=O) groups excluding carboxylic acids is 1. The molecule has 106 valence electrons. The quantitative estimate of drug-likeness (QED) is 0.742. The van der Waals surface area contributed by atoms with Gasteiger partial charge in [-0.3, -0.25) is 4.79 Å². The van der Waals surface area contributed by atoms with Crippen LogP contribution >= 0.6 is 22.7 Å². The Labute approximate surface area is 132 Å². The summed E-state index contributed by atoms with van der Waals surface area (Å²) in [5.41, 5.74) is 3.31. The predicted octanol–water partition coefficient (Wildman–Crippen LogP) is 4.72. The molecule has 0 aliphatic rings. The van der Waals surface area contributed by atoms with E-state index in [4.69, 9.17) is 0 Å². The second-order valence-electron chi connectivity index (χ2n) is 4.79. The van der Waals surface area contributed by atoms with Crippen molar-refractivity contribution >= 4 is 28.6 Å². The van der Waals surface area contributed by atoms with Crippen LogP contribution in [0.5, 0.6) is 0 Å². The number of hydrogen-bond acceptors (Lipinski definition) is 3. The molecule has 21 heavy (non-hydrogen) atoms. The maximum Gasteiger partial charge on any atom is 0.262 e. The highest BCUT2D eigenvalue weighted by Gasteiger charge is 2.14. The molecule has 0 bridgehead atoms. The van der Waals surface area contributed by atoms with Gasteiger partial charge in [-0.05, 0) is 35.4 Å². The number of carbonyl (C=O) groups is 1. The van der Waals surface area contributed by atoms with Crippen molar-refractivity contribution < 1.29 is 4.79 Å². The number of rotatable bonds is 4. The van der Waals surface area contributed by atoms with Crippen LogP contribution in [0.1, 0.15) is 20.1 Å². The van der Waals surface area contributed by atoms with Crippen molar-refractivity contribution in [2.24, 2.45) is 0 Å². The Morgan fingerprint density at radius 3 is 2.57 bits per heavy atom. The van der Waals surface area contributed by atoms with Gasteiger partial charge in [0.25, 0.3) is 5.91 Å². The van der Waals surface area contributed by atoms with E-state index >= 15 is 0 Å². The van der Waals surface area contributed by atoms with E-state index in [9.17, 15) is 4.79 Å². The molecule has 0 aliphatic heterocycles. The lowest BCUT2D eigenvalue weighted by molar-refractivity contribution is 0.0956. The lowest BCUT2D eigenvalue weighted by Crippen LogP contribution is -2.21. The summed E-state index contributed by atoms with van der Waals surface area (Å²) in [4.78, 5) is 14.3. The number of aryl methyl sites for hydroxylation is 1. The molecule has 0 atom stereocenters. The minimum Gasteiger partial charge on any atom is -0.346 e. The summed E-state index contributed by atoms with van der Waals surface area (Å²) in [5.74, 6) is -0.00558. The number of hydrogen-bond donors (Lipinski definition) is 1. The Balaban J connectivity index is 1.78. The minimum absolute atomic E-state index is 0.00558. The Bertz CT molecular complexity index is 727. The van der Waals surface area contributed by atoms with E-state index in [0.29, 0.717) is 6.54 Å². The van der Waals surface area contributed by atoms with Crippen LogP contribution in [-0.2, 0) is 6.54 Å². The largest absolute Gasteiger partial charge is 0.346 e. The van der Waals surface area contributed by atoms with Crippen LogP contribution in [0, 0.1) is 6.92 Å². The second-order valence-corrected chi connectivity index (χ2v) is 6.74. The summed E-state index contributed by atoms with van der Waals surface area (Å²) in [7, 11) is 0. The van der Waals surface area contributed by atoms with E-state index in [2.05, 4.69) is 36.5 Å². The van der Waals surface area contributed by atoms with E-state index in [1.807, 2.05) is 29.0 Å². The summed E-state index contributed by atoms with van der Waals surface area (Å²) >= 11 is 3.14. The molecule has 0 saturated carbocycles. The summed E-state index contributed by atoms with van der Waals surface area (Å²) in [6, 6.07) is 14.3. The van der Waals surface area contributed by atoms with Crippen LogP contribution in [-0.4, -0.2) is 5.91 Å². The molecule has 4 heteroatoms. The van der Waals surface area contributed by atoms with Crippen molar-refractivity contribution in [3.63, 3.8) is 0 Å². The van der Waals surface area contributed by atoms with Gasteiger partial charge in [0.15, 0.2) is 0 Å². The van der Waals surface area contributed by atoms with Gasteiger partial charge in [0.05, 0.1) is 11.4 Å². The minimum atomic E-state index is -0.00558. The lowest BCUT2D eigenvalue weighted by atomic mass is 10.0. The van der Waals surface area contributed by atoms with Gasteiger partial charge in [-0.2, -0.15) is 0 Å². The number of thiophene rings is 2. The summed E-state index contributed by atoms with van der Waals surface area (Å²) in [6.07, 6.45) is 0. The molecule has 0 spiro atoms. The van der Waals surface area contributed by atoms with Crippen molar-refractivity contribution in [1.29, 1.82) is 0 Å². The SMILES string of the molecule is Cc1ccc(-c2ccsc2C(=O)NCc2cccs2)cc1. The number of amides is 1. The Kier molecular flexibility index (Phi) is 4.18. The summed E-state index contributed by atoms with van der Waals surface area (Å²) < 4.78 is 0.